The first-order chi connectivity index (χ1) is 14.7. The Morgan fingerprint density at radius 1 is 0.967 bits per heavy atom. The lowest BCUT2D eigenvalue weighted by Gasteiger charge is -2.08. The van der Waals surface area contributed by atoms with E-state index >= 15 is 0 Å². The van der Waals surface area contributed by atoms with Crippen LogP contribution in [-0.2, 0) is 22.6 Å². The number of carbonyl (C=O) groups excluding carboxylic acids is 1. The van der Waals surface area contributed by atoms with Crippen molar-refractivity contribution in [2.75, 3.05) is 14.2 Å². The largest absolute Gasteiger partial charge is 0.493 e. The van der Waals surface area contributed by atoms with Gasteiger partial charge in [-0.1, -0.05) is 42.5 Å². The fourth-order valence-electron chi connectivity index (χ4n) is 3.28. The molecule has 0 N–H and O–H groups in total. The summed E-state index contributed by atoms with van der Waals surface area (Å²) in [7, 11) is 3.20. The van der Waals surface area contributed by atoms with E-state index in [1.54, 1.807) is 14.2 Å². The smallest absolute Gasteiger partial charge is 0.310 e. The highest BCUT2D eigenvalue weighted by atomic mass is 32.1. The average molecular weight is 420 g/mol. The van der Waals surface area contributed by atoms with Gasteiger partial charge in [0.15, 0.2) is 11.5 Å². The molecule has 5 nitrogen and oxygen atoms in total. The minimum Gasteiger partial charge on any atom is -0.493 e. The molecule has 152 valence electrons. The predicted molar refractivity (Wildman–Crippen MR) is 118 cm³/mol. The number of aromatic nitrogens is 1. The molecule has 0 atom stereocenters. The summed E-state index contributed by atoms with van der Waals surface area (Å²) < 4.78 is 16.1. The molecular formula is C24H21NO4S. The van der Waals surface area contributed by atoms with E-state index in [1.165, 1.54) is 11.3 Å². The van der Waals surface area contributed by atoms with E-state index in [1.807, 2.05) is 66.0 Å². The maximum atomic E-state index is 12.4. The number of methoxy groups -OCH3 is 2. The maximum absolute atomic E-state index is 12.4. The van der Waals surface area contributed by atoms with Crippen LogP contribution in [0.3, 0.4) is 0 Å². The average Bonchev–Trinajstić information content (AvgIpc) is 3.26. The highest BCUT2D eigenvalue weighted by Gasteiger charge is 2.12. The van der Waals surface area contributed by atoms with Crippen LogP contribution in [0.25, 0.3) is 21.3 Å². The van der Waals surface area contributed by atoms with Crippen molar-refractivity contribution in [3.05, 3.63) is 77.3 Å². The zero-order chi connectivity index (χ0) is 20.9. The third-order valence-electron chi connectivity index (χ3n) is 4.78. The molecule has 0 unspecified atom stereocenters. The number of hydrogen-bond acceptors (Lipinski definition) is 6. The molecule has 0 aliphatic rings. The van der Waals surface area contributed by atoms with E-state index < -0.39 is 0 Å². The van der Waals surface area contributed by atoms with Gasteiger partial charge in [0.05, 0.1) is 26.3 Å². The monoisotopic (exact) mass is 419 g/mol. The van der Waals surface area contributed by atoms with E-state index in [0.29, 0.717) is 11.5 Å². The van der Waals surface area contributed by atoms with Gasteiger partial charge in [0.2, 0.25) is 0 Å². The van der Waals surface area contributed by atoms with Gasteiger partial charge in [-0.25, -0.2) is 4.98 Å². The molecule has 0 fully saturated rings. The Balaban J connectivity index is 1.41. The summed E-state index contributed by atoms with van der Waals surface area (Å²) in [5.74, 6) is 1.04. The molecule has 0 aliphatic carbocycles. The fraction of sp³-hybridized carbons (Fsp3) is 0.167. The second-order valence-electron chi connectivity index (χ2n) is 6.69. The molecule has 4 aromatic rings. The Kier molecular flexibility index (Phi) is 5.95. The van der Waals surface area contributed by atoms with Crippen molar-refractivity contribution < 1.29 is 19.0 Å². The van der Waals surface area contributed by atoms with E-state index in [0.717, 1.165) is 32.6 Å². The number of nitrogens with zero attached hydrogens (tertiary/aromatic N) is 1. The van der Waals surface area contributed by atoms with E-state index in [-0.39, 0.29) is 19.0 Å². The predicted octanol–water partition coefficient (Wildman–Crippen LogP) is 5.27. The summed E-state index contributed by atoms with van der Waals surface area (Å²) in [6.07, 6.45) is 0.230. The molecule has 0 saturated carbocycles. The third-order valence-corrected chi connectivity index (χ3v) is 5.72. The van der Waals surface area contributed by atoms with Gasteiger partial charge < -0.3 is 14.2 Å². The molecule has 0 aliphatic heterocycles. The Labute approximate surface area is 178 Å². The molecule has 0 radical (unpaired) electrons. The summed E-state index contributed by atoms with van der Waals surface area (Å²) in [4.78, 5) is 17.0. The third kappa shape index (κ3) is 4.28. The number of ether oxygens (including phenoxy) is 3. The molecule has 4 rings (SSSR count). The molecule has 1 heterocycles. The van der Waals surface area contributed by atoms with E-state index in [9.17, 15) is 4.79 Å². The number of hydrogen-bond donors (Lipinski definition) is 0. The lowest BCUT2D eigenvalue weighted by molar-refractivity contribution is -0.144. The van der Waals surface area contributed by atoms with Crippen LogP contribution in [0.1, 0.15) is 11.3 Å². The standard InChI is InChI=1S/C24H21NO4S/c1-27-21-11-10-18(12-22(21)28-2)24-25-19(15-30-24)14-29-23(26)13-17-8-5-7-16-6-3-4-9-20(16)17/h3-12,15H,13-14H2,1-2H3. The van der Waals surface area contributed by atoms with Crippen LogP contribution >= 0.6 is 11.3 Å². The van der Waals surface area contributed by atoms with Crippen molar-refractivity contribution in [2.45, 2.75) is 13.0 Å². The van der Waals surface area contributed by atoms with Crippen LogP contribution in [0.2, 0.25) is 0 Å². The molecule has 0 saturated heterocycles. The van der Waals surface area contributed by atoms with Crippen LogP contribution in [0, 0.1) is 0 Å². The van der Waals surface area contributed by atoms with Gasteiger partial charge in [0, 0.05) is 10.9 Å². The topological polar surface area (TPSA) is 57.7 Å². The Hall–Kier alpha value is -3.38. The lowest BCUT2D eigenvalue weighted by Crippen LogP contribution is -2.08. The first-order valence-corrected chi connectivity index (χ1v) is 10.3. The number of benzene rings is 3. The minimum atomic E-state index is -0.271. The van der Waals surface area contributed by atoms with Gasteiger partial charge in [-0.05, 0) is 34.5 Å². The van der Waals surface area contributed by atoms with Gasteiger partial charge in [0.25, 0.3) is 0 Å². The van der Waals surface area contributed by atoms with Gasteiger partial charge in [-0.15, -0.1) is 11.3 Å². The van der Waals surface area contributed by atoms with Crippen LogP contribution in [-0.4, -0.2) is 25.2 Å². The molecule has 6 heteroatoms. The van der Waals surface area contributed by atoms with Crippen molar-refractivity contribution in [2.24, 2.45) is 0 Å². The van der Waals surface area contributed by atoms with Crippen molar-refractivity contribution >= 4 is 28.1 Å². The number of carbonyl (C=O) groups is 1. The second-order valence-corrected chi connectivity index (χ2v) is 7.55. The number of esters is 1. The van der Waals surface area contributed by atoms with Gasteiger partial charge in [-0.2, -0.15) is 0 Å². The molecule has 0 bridgehead atoms. The van der Waals surface area contributed by atoms with Crippen molar-refractivity contribution in [3.63, 3.8) is 0 Å². The van der Waals surface area contributed by atoms with E-state index in [2.05, 4.69) is 4.98 Å². The molecule has 1 aromatic heterocycles. The number of fused-ring (bicyclic) bond motifs is 1. The van der Waals surface area contributed by atoms with Crippen molar-refractivity contribution in [1.29, 1.82) is 0 Å². The van der Waals surface area contributed by atoms with Crippen LogP contribution in [0.15, 0.2) is 66.0 Å². The molecular weight excluding hydrogens is 398 g/mol. The first-order valence-electron chi connectivity index (χ1n) is 9.47. The van der Waals surface area contributed by atoms with Crippen molar-refractivity contribution in [3.8, 4) is 22.1 Å². The zero-order valence-electron chi connectivity index (χ0n) is 16.8. The fourth-order valence-corrected chi connectivity index (χ4v) is 4.08. The molecule has 30 heavy (non-hydrogen) atoms. The summed E-state index contributed by atoms with van der Waals surface area (Å²) in [5.41, 5.74) is 2.60. The lowest BCUT2D eigenvalue weighted by atomic mass is 10.0. The maximum Gasteiger partial charge on any atom is 0.310 e. The Morgan fingerprint density at radius 2 is 1.77 bits per heavy atom. The van der Waals surface area contributed by atoms with Gasteiger partial charge >= 0.3 is 5.97 Å². The SMILES string of the molecule is COc1ccc(-c2nc(COC(=O)Cc3cccc4ccccc34)cs2)cc1OC. The number of thiazole rings is 1. The van der Waals surface area contributed by atoms with Crippen LogP contribution in [0.4, 0.5) is 0 Å². The summed E-state index contributed by atoms with van der Waals surface area (Å²) >= 11 is 1.49. The summed E-state index contributed by atoms with van der Waals surface area (Å²) in [6, 6.07) is 19.6. The summed E-state index contributed by atoms with van der Waals surface area (Å²) in [6.45, 7) is 0.146. The highest BCUT2D eigenvalue weighted by Crippen LogP contribution is 2.33. The normalized spacial score (nSPS) is 10.7. The minimum absolute atomic E-state index is 0.146. The molecule has 0 amide bonds. The Bertz CT molecular complexity index is 1180. The summed E-state index contributed by atoms with van der Waals surface area (Å²) in [5, 5.41) is 4.91. The van der Waals surface area contributed by atoms with Crippen LogP contribution < -0.4 is 9.47 Å². The second kappa shape index (κ2) is 8.97. The quantitative estimate of drug-likeness (QED) is 0.382. The Morgan fingerprint density at radius 3 is 2.60 bits per heavy atom. The zero-order valence-corrected chi connectivity index (χ0v) is 17.6. The van der Waals surface area contributed by atoms with Crippen LogP contribution in [0.5, 0.6) is 11.5 Å². The van der Waals surface area contributed by atoms with E-state index in [4.69, 9.17) is 14.2 Å². The van der Waals surface area contributed by atoms with Gasteiger partial charge in [0.1, 0.15) is 11.6 Å². The highest BCUT2D eigenvalue weighted by molar-refractivity contribution is 7.13. The van der Waals surface area contributed by atoms with Crippen molar-refractivity contribution in [1.82, 2.24) is 4.98 Å². The van der Waals surface area contributed by atoms with Gasteiger partial charge in [-0.3, -0.25) is 4.79 Å². The molecule has 0 spiro atoms. The molecule has 3 aromatic carbocycles. The number of rotatable bonds is 7. The first kappa shape index (κ1) is 19.9.